The molecule has 0 saturated carbocycles. The first-order chi connectivity index (χ1) is 19.9. The number of aryl methyl sites for hydroxylation is 3. The standard InChI is InChI=1S/C31H38S2.2BF4/c1-21-27-10-7-11-28(21)31(33(4)5)20-26-18-24-13-12-22-8-6-9-23(16-22)14-15-29(26)25(17-24)19-30(27)32(2)3;2*2-1(3,4)5/h6-11,16-18,30-31H,12-15,19-20H2,1-5H3;;/q+2;2*-1. The van der Waals surface area contributed by atoms with Crippen molar-refractivity contribution < 1.29 is 34.5 Å². The summed E-state index contributed by atoms with van der Waals surface area (Å²) in [7, 11) is -11.3. The summed E-state index contributed by atoms with van der Waals surface area (Å²) in [6, 6.07) is 21.8. The number of rotatable bonds is 2. The molecule has 3 aliphatic rings. The van der Waals surface area contributed by atoms with Gasteiger partial charge in [0.1, 0.15) is 10.5 Å². The van der Waals surface area contributed by atoms with E-state index in [0.29, 0.717) is 32.3 Å². The van der Waals surface area contributed by atoms with Crippen LogP contribution < -0.4 is 0 Å². The highest BCUT2D eigenvalue weighted by Crippen LogP contribution is 2.40. The molecule has 0 aliphatic heterocycles. The lowest BCUT2D eigenvalue weighted by molar-refractivity contribution is 0.366. The molecule has 0 radical (unpaired) electrons. The fraction of sp³-hybridized carbons (Fsp3) is 0.419. The molecule has 0 aromatic heterocycles. The van der Waals surface area contributed by atoms with Crippen molar-refractivity contribution in [3.63, 3.8) is 0 Å². The van der Waals surface area contributed by atoms with Gasteiger partial charge in [-0.3, -0.25) is 0 Å². The SMILES string of the molecule is Cc1c2cccc1C([S+](C)C)Cc1cc3cc(c1CCc1cccc(c1)CC3)CC2[S+](C)C.F[B-](F)(F)F.F[B-](F)(F)F. The number of halogens is 8. The summed E-state index contributed by atoms with van der Waals surface area (Å²) in [4.78, 5) is 0. The molecule has 0 heterocycles. The highest BCUT2D eigenvalue weighted by atomic mass is 32.2. The summed E-state index contributed by atoms with van der Waals surface area (Å²) < 4.78 is 78.0. The van der Waals surface area contributed by atoms with E-state index in [9.17, 15) is 34.5 Å². The maximum absolute atomic E-state index is 9.75. The van der Waals surface area contributed by atoms with Gasteiger partial charge >= 0.3 is 14.5 Å². The van der Waals surface area contributed by atoms with Crippen LogP contribution in [0.5, 0.6) is 0 Å². The number of benzene rings is 3. The van der Waals surface area contributed by atoms with Crippen LogP contribution in [0.1, 0.15) is 60.6 Å². The fourth-order valence-corrected chi connectivity index (χ4v) is 8.58. The first-order valence-electron chi connectivity index (χ1n) is 14.1. The summed E-state index contributed by atoms with van der Waals surface area (Å²) in [5.41, 5.74) is 14.3. The average molecular weight is 648 g/mol. The van der Waals surface area contributed by atoms with E-state index < -0.39 is 14.5 Å². The first kappa shape index (κ1) is 35.4. The minimum absolute atomic E-state index is 0.326. The van der Waals surface area contributed by atoms with Gasteiger partial charge in [-0.1, -0.05) is 54.6 Å². The van der Waals surface area contributed by atoms with Crippen molar-refractivity contribution in [1.82, 2.24) is 0 Å². The molecule has 43 heavy (non-hydrogen) atoms. The molecule has 6 rings (SSSR count). The Kier molecular flexibility index (Phi) is 12.2. The van der Waals surface area contributed by atoms with Crippen molar-refractivity contribution in [2.45, 2.75) is 55.9 Å². The monoisotopic (exact) mass is 648 g/mol. The second-order valence-corrected chi connectivity index (χ2v) is 16.1. The minimum atomic E-state index is -6.00. The fourth-order valence-electron chi connectivity index (χ4n) is 6.03. The average Bonchev–Trinajstić information content (AvgIpc) is 2.89. The van der Waals surface area contributed by atoms with Gasteiger partial charge in [-0.2, -0.15) is 0 Å². The molecule has 236 valence electrons. The summed E-state index contributed by atoms with van der Waals surface area (Å²) in [6.45, 7) is 2.40. The van der Waals surface area contributed by atoms with Crippen LogP contribution in [0.4, 0.5) is 34.5 Å². The molecule has 2 unspecified atom stereocenters. The molecule has 0 spiro atoms. The lowest BCUT2D eigenvalue weighted by Crippen LogP contribution is -2.22. The van der Waals surface area contributed by atoms with Crippen molar-refractivity contribution in [1.29, 1.82) is 0 Å². The Morgan fingerprint density at radius 1 is 0.558 bits per heavy atom. The van der Waals surface area contributed by atoms with Crippen molar-refractivity contribution in [2.24, 2.45) is 0 Å². The van der Waals surface area contributed by atoms with Crippen LogP contribution in [0.25, 0.3) is 0 Å². The van der Waals surface area contributed by atoms with Crippen LogP contribution in [0.3, 0.4) is 0 Å². The topological polar surface area (TPSA) is 0 Å². The van der Waals surface area contributed by atoms with E-state index in [2.05, 4.69) is 86.5 Å². The van der Waals surface area contributed by atoms with Crippen LogP contribution >= 0.6 is 0 Å². The Balaban J connectivity index is 0.000000440. The molecule has 8 bridgehead atoms. The number of hydrogen-bond acceptors (Lipinski definition) is 0. The van der Waals surface area contributed by atoms with Crippen molar-refractivity contribution in [2.75, 3.05) is 25.0 Å². The Hall–Kier alpha value is -2.07. The molecule has 0 nitrogen and oxygen atoms in total. The third-order valence-corrected chi connectivity index (χ3v) is 11.0. The Morgan fingerprint density at radius 3 is 1.35 bits per heavy atom. The van der Waals surface area contributed by atoms with Gasteiger partial charge in [-0.05, 0) is 93.3 Å². The minimum Gasteiger partial charge on any atom is -0.418 e. The van der Waals surface area contributed by atoms with Crippen LogP contribution in [0.15, 0.2) is 54.6 Å². The maximum Gasteiger partial charge on any atom is 0.673 e. The van der Waals surface area contributed by atoms with Gasteiger partial charge in [-0.25, -0.2) is 0 Å². The normalized spacial score (nSPS) is 18.2. The summed E-state index contributed by atoms with van der Waals surface area (Å²) in [5, 5.41) is 1.21. The second-order valence-electron chi connectivity index (χ2n) is 11.4. The highest BCUT2D eigenvalue weighted by molar-refractivity contribution is 7.96. The molecule has 0 fully saturated rings. The third-order valence-electron chi connectivity index (χ3n) is 7.91. The van der Waals surface area contributed by atoms with Gasteiger partial charge in [0.15, 0.2) is 0 Å². The zero-order chi connectivity index (χ0) is 32.1. The quantitative estimate of drug-likeness (QED) is 0.148. The lowest BCUT2D eigenvalue weighted by atomic mass is 9.84. The Labute approximate surface area is 256 Å². The molecular weight excluding hydrogens is 610 g/mol. The first-order valence-corrected chi connectivity index (χ1v) is 18.3. The second kappa shape index (κ2) is 14.8. The summed E-state index contributed by atoms with van der Waals surface area (Å²) in [5.74, 6) is 0. The summed E-state index contributed by atoms with van der Waals surface area (Å²) in [6.07, 6.45) is 16.8. The van der Waals surface area contributed by atoms with Gasteiger partial charge in [0.25, 0.3) is 0 Å². The zero-order valence-electron chi connectivity index (χ0n) is 25.1. The van der Waals surface area contributed by atoms with Crippen molar-refractivity contribution in [3.8, 4) is 0 Å². The van der Waals surface area contributed by atoms with E-state index in [-0.39, 0.29) is 0 Å². The van der Waals surface area contributed by atoms with E-state index in [1.807, 2.05) is 0 Å². The van der Waals surface area contributed by atoms with Gasteiger partial charge in [0.05, 0.1) is 25.0 Å². The molecule has 3 aromatic rings. The largest absolute Gasteiger partial charge is 0.673 e. The number of hydrogen-bond donors (Lipinski definition) is 0. The summed E-state index contributed by atoms with van der Waals surface area (Å²) >= 11 is 0. The molecule has 0 N–H and O–H groups in total. The lowest BCUT2D eigenvalue weighted by Gasteiger charge is -2.27. The Morgan fingerprint density at radius 2 is 0.930 bits per heavy atom. The molecule has 2 atom stereocenters. The van der Waals surface area contributed by atoms with Gasteiger partial charge in [-0.15, -0.1) is 0 Å². The molecule has 0 amide bonds. The number of fused-ring (bicyclic) bond motifs is 4. The molecule has 0 saturated heterocycles. The van der Waals surface area contributed by atoms with Gasteiger partial charge < -0.3 is 34.5 Å². The Bertz CT molecular complexity index is 1290. The maximum atomic E-state index is 9.75. The van der Waals surface area contributed by atoms with Crippen LogP contribution in [-0.4, -0.2) is 39.5 Å². The smallest absolute Gasteiger partial charge is 0.418 e. The van der Waals surface area contributed by atoms with Crippen molar-refractivity contribution >= 4 is 36.3 Å². The van der Waals surface area contributed by atoms with Crippen LogP contribution in [0.2, 0.25) is 0 Å². The van der Waals surface area contributed by atoms with Crippen molar-refractivity contribution in [3.05, 3.63) is 105 Å². The molecule has 3 aromatic carbocycles. The molecule has 3 aliphatic carbocycles. The van der Waals surface area contributed by atoms with E-state index in [1.165, 1.54) is 30.4 Å². The van der Waals surface area contributed by atoms with Gasteiger partial charge in [0.2, 0.25) is 0 Å². The predicted octanol–water partition coefficient (Wildman–Crippen LogP) is 9.12. The predicted molar refractivity (Wildman–Crippen MR) is 171 cm³/mol. The van der Waals surface area contributed by atoms with E-state index in [4.69, 9.17) is 0 Å². The van der Waals surface area contributed by atoms with E-state index >= 15 is 0 Å². The van der Waals surface area contributed by atoms with Crippen LogP contribution in [0, 0.1) is 6.92 Å². The third kappa shape index (κ3) is 11.1. The van der Waals surface area contributed by atoms with Crippen LogP contribution in [-0.2, 0) is 60.3 Å². The van der Waals surface area contributed by atoms with E-state index in [1.54, 1.807) is 38.9 Å². The van der Waals surface area contributed by atoms with Gasteiger partial charge in [0, 0.05) is 24.0 Å². The zero-order valence-corrected chi connectivity index (χ0v) is 26.7. The van der Waals surface area contributed by atoms with E-state index in [0.717, 1.165) is 19.3 Å². The molecular formula is C31H38B2F8S2. The highest BCUT2D eigenvalue weighted by Gasteiger charge is 2.34. The molecule has 12 heteroatoms.